The second kappa shape index (κ2) is 12.8. The number of aliphatic hydroxyl groups is 1. The fraction of sp³-hybridized carbons (Fsp3) is 1.00. The maximum Gasteiger partial charge on any atom is 0.324 e. The summed E-state index contributed by atoms with van der Waals surface area (Å²) in [6, 6.07) is 0. The van der Waals surface area contributed by atoms with Gasteiger partial charge in [0.2, 0.25) is 0 Å². The average molecular weight is 259 g/mol. The van der Waals surface area contributed by atoms with Crippen molar-refractivity contribution in [1.82, 2.24) is 0 Å². The smallest absolute Gasteiger partial charge is 0.324 e. The van der Waals surface area contributed by atoms with Crippen molar-refractivity contribution in [2.75, 3.05) is 34.3 Å². The summed E-state index contributed by atoms with van der Waals surface area (Å²) in [4.78, 5) is 21.7. The van der Waals surface area contributed by atoms with Gasteiger partial charge < -0.3 is 24.3 Å². The van der Waals surface area contributed by atoms with Crippen LogP contribution >= 0.6 is 33.4 Å². The molecule has 0 aliphatic heterocycles. The first kappa shape index (κ1) is 23.5. The second-order valence-electron chi connectivity index (χ2n) is 3.01. The van der Waals surface area contributed by atoms with Gasteiger partial charge in [-0.25, -0.2) is 0 Å². The zero-order valence-electron chi connectivity index (χ0n) is 7.91. The molecule has 0 aliphatic carbocycles. The fourth-order valence-electron chi connectivity index (χ4n) is 0.300. The van der Waals surface area contributed by atoms with E-state index in [1.165, 1.54) is 0 Å². The maximum absolute atomic E-state index is 8.39. The molecule has 5 nitrogen and oxygen atoms in total. The number of aliphatic hydroxyl groups excluding tert-OH is 1. The molecule has 13 heavy (non-hydrogen) atoms. The molecule has 0 rings (SSSR count). The Hall–Kier alpha value is 0.810. The lowest BCUT2D eigenvalue weighted by atomic mass is 10.5. The highest BCUT2D eigenvalue weighted by atomic mass is 35.5. The fourth-order valence-corrected chi connectivity index (χ4v) is 0.300. The Kier molecular flexibility index (Phi) is 23.2. The molecule has 0 saturated carbocycles. The summed E-state index contributed by atoms with van der Waals surface area (Å²) in [6.07, 6.45) is 0. The molecule has 0 amide bonds. The van der Waals surface area contributed by atoms with Crippen molar-refractivity contribution in [2.45, 2.75) is 0 Å². The van der Waals surface area contributed by atoms with E-state index in [9.17, 15) is 0 Å². The minimum Gasteiger partial charge on any atom is -0.391 e. The number of hydrogen-bond acceptors (Lipinski definition) is 4. The van der Waals surface area contributed by atoms with Crippen LogP contribution in [-0.2, 0) is 0 Å². The van der Waals surface area contributed by atoms with Crippen LogP contribution in [0.3, 0.4) is 0 Å². The Labute approximate surface area is 92.4 Å². The van der Waals surface area contributed by atoms with Gasteiger partial charge in [-0.05, 0) is 0 Å². The summed E-state index contributed by atoms with van der Waals surface area (Å²) in [5, 5.41) is 8.39. The first-order valence-electron chi connectivity index (χ1n) is 3.07. The Morgan fingerprint density at radius 1 is 1.00 bits per heavy atom. The minimum atomic E-state index is -2.62. The summed E-state index contributed by atoms with van der Waals surface area (Å²) >= 11 is 0. The molecule has 0 aromatic heterocycles. The van der Waals surface area contributed by atoms with Gasteiger partial charge in [0.25, 0.3) is 0 Å². The molecular formula is C5H19Cl2NO4P+. The molecule has 0 radical (unpaired) electrons. The van der Waals surface area contributed by atoms with Crippen molar-refractivity contribution in [2.24, 2.45) is 0 Å². The van der Waals surface area contributed by atoms with Gasteiger partial charge >= 0.3 is 8.60 Å². The predicted octanol–water partition coefficient (Wildman–Crippen LogP) is -0.281. The van der Waals surface area contributed by atoms with Crippen LogP contribution in [0.4, 0.5) is 0 Å². The monoisotopic (exact) mass is 258 g/mol. The molecule has 0 heterocycles. The van der Waals surface area contributed by atoms with Gasteiger partial charge in [0.1, 0.15) is 6.54 Å². The van der Waals surface area contributed by atoms with Gasteiger partial charge in [-0.3, -0.25) is 0 Å². The summed E-state index contributed by atoms with van der Waals surface area (Å²) < 4.78 is 0.844. The molecule has 0 atom stereocenters. The molecule has 0 unspecified atom stereocenters. The molecule has 0 aliphatic rings. The molecule has 0 aromatic carbocycles. The molecule has 0 aromatic rings. The van der Waals surface area contributed by atoms with E-state index in [0.29, 0.717) is 0 Å². The molecule has 0 spiro atoms. The first-order valence-corrected chi connectivity index (χ1v) is 4.27. The van der Waals surface area contributed by atoms with Crippen LogP contribution in [0.5, 0.6) is 0 Å². The predicted molar refractivity (Wildman–Crippen MR) is 58.1 cm³/mol. The van der Waals surface area contributed by atoms with Crippen molar-refractivity contribution < 1.29 is 24.3 Å². The zero-order valence-corrected chi connectivity index (χ0v) is 10.4. The number of halogens is 2. The normalized spacial score (nSPS) is 9.23. The Morgan fingerprint density at radius 2 is 1.23 bits per heavy atom. The van der Waals surface area contributed by atoms with Crippen molar-refractivity contribution in [3.63, 3.8) is 0 Å². The molecule has 0 fully saturated rings. The van der Waals surface area contributed by atoms with Crippen LogP contribution in [0.15, 0.2) is 0 Å². The quantitative estimate of drug-likeness (QED) is 0.406. The van der Waals surface area contributed by atoms with E-state index in [1.807, 2.05) is 0 Å². The molecular weight excluding hydrogens is 240 g/mol. The third kappa shape index (κ3) is 64.7. The van der Waals surface area contributed by atoms with Crippen LogP contribution < -0.4 is 0 Å². The average Bonchev–Trinajstić information content (AvgIpc) is 1.58. The summed E-state index contributed by atoms with van der Waals surface area (Å²) in [6.45, 7) is 1.11. The van der Waals surface area contributed by atoms with Gasteiger partial charge in [-0.15, -0.1) is 24.8 Å². The molecule has 0 bridgehead atoms. The van der Waals surface area contributed by atoms with Crippen molar-refractivity contribution in [3.8, 4) is 0 Å². The summed E-state index contributed by atoms with van der Waals surface area (Å²) in [7, 11) is 3.54. The van der Waals surface area contributed by atoms with E-state index in [4.69, 9.17) is 19.8 Å². The SMILES string of the molecule is C[N+](C)(C)CCO.Cl.Cl.OP(O)O. The number of hydrogen-bond donors (Lipinski definition) is 4. The van der Waals surface area contributed by atoms with Crippen LogP contribution in [0.2, 0.25) is 0 Å². The van der Waals surface area contributed by atoms with Crippen LogP contribution in [0, 0.1) is 0 Å². The van der Waals surface area contributed by atoms with Crippen LogP contribution in [-0.4, -0.2) is 58.6 Å². The standard InChI is InChI=1S/C5H14NO.2ClH.H3O3P/c1-6(2,3)4-5-7;;;1-4(2)3/h7H,4-5H2,1-3H3;2*1H;1-3H/q+1;;;. The Morgan fingerprint density at radius 3 is 1.23 bits per heavy atom. The highest BCUT2D eigenvalue weighted by Crippen LogP contribution is 2.11. The summed E-state index contributed by atoms with van der Waals surface area (Å²) in [5.74, 6) is 0. The first-order chi connectivity index (χ1) is 4.79. The summed E-state index contributed by atoms with van der Waals surface area (Å²) in [5.41, 5.74) is 0. The van der Waals surface area contributed by atoms with Crippen LogP contribution in [0.1, 0.15) is 0 Å². The lowest BCUT2D eigenvalue weighted by Gasteiger charge is -2.21. The molecule has 4 N–H and O–H groups in total. The third-order valence-electron chi connectivity index (χ3n) is 0.771. The molecule has 0 saturated heterocycles. The van der Waals surface area contributed by atoms with E-state index < -0.39 is 8.60 Å². The van der Waals surface area contributed by atoms with E-state index in [2.05, 4.69) is 21.1 Å². The number of quaternary nitrogens is 1. The van der Waals surface area contributed by atoms with Crippen molar-refractivity contribution >= 4 is 33.4 Å². The van der Waals surface area contributed by atoms with Gasteiger partial charge in [-0.1, -0.05) is 0 Å². The Bertz CT molecular complexity index is 88.3. The van der Waals surface area contributed by atoms with Gasteiger partial charge in [-0.2, -0.15) is 0 Å². The van der Waals surface area contributed by atoms with Crippen molar-refractivity contribution in [1.29, 1.82) is 0 Å². The third-order valence-corrected chi connectivity index (χ3v) is 0.771. The second-order valence-corrected chi connectivity index (χ2v) is 3.54. The Balaban J connectivity index is -0.0000000600. The van der Waals surface area contributed by atoms with Gasteiger partial charge in [0.05, 0.1) is 27.7 Å². The molecule has 8 heteroatoms. The van der Waals surface area contributed by atoms with E-state index in [1.54, 1.807) is 0 Å². The van der Waals surface area contributed by atoms with Crippen molar-refractivity contribution in [3.05, 3.63) is 0 Å². The van der Waals surface area contributed by atoms with E-state index in [-0.39, 0.29) is 31.4 Å². The minimum absolute atomic E-state index is 0. The molecule has 86 valence electrons. The van der Waals surface area contributed by atoms with E-state index in [0.717, 1.165) is 11.0 Å². The largest absolute Gasteiger partial charge is 0.391 e. The van der Waals surface area contributed by atoms with Gasteiger partial charge in [0, 0.05) is 0 Å². The number of likely N-dealkylation sites (N-methyl/N-ethyl adjacent to an activating group) is 1. The lowest BCUT2D eigenvalue weighted by molar-refractivity contribution is -0.870. The number of nitrogens with zero attached hydrogens (tertiary/aromatic N) is 1. The van der Waals surface area contributed by atoms with Gasteiger partial charge in [0.15, 0.2) is 0 Å². The lowest BCUT2D eigenvalue weighted by Crippen LogP contribution is -2.36. The topological polar surface area (TPSA) is 80.9 Å². The van der Waals surface area contributed by atoms with E-state index >= 15 is 0 Å². The maximum atomic E-state index is 8.39. The highest BCUT2D eigenvalue weighted by Gasteiger charge is 2.02. The number of rotatable bonds is 2. The highest BCUT2D eigenvalue weighted by molar-refractivity contribution is 7.38. The van der Waals surface area contributed by atoms with Crippen LogP contribution in [0.25, 0.3) is 0 Å². The zero-order chi connectivity index (χ0) is 9.49.